The zero-order chi connectivity index (χ0) is 11.5. The highest BCUT2D eigenvalue weighted by Gasteiger charge is 2.25. The number of halogens is 1. The second-order valence-electron chi connectivity index (χ2n) is 4.22. The predicted molar refractivity (Wildman–Crippen MR) is 70.3 cm³/mol. The van der Waals surface area contributed by atoms with Gasteiger partial charge >= 0.3 is 5.97 Å². The number of aryl methyl sites for hydroxylation is 1. The van der Waals surface area contributed by atoms with Crippen LogP contribution < -0.4 is 5.73 Å². The second-order valence-corrected chi connectivity index (χ2v) is 4.22. The highest BCUT2D eigenvalue weighted by molar-refractivity contribution is 5.85. The number of rotatable bonds is 2. The van der Waals surface area contributed by atoms with Crippen LogP contribution in [0.25, 0.3) is 0 Å². The van der Waals surface area contributed by atoms with Gasteiger partial charge in [0.2, 0.25) is 0 Å². The van der Waals surface area contributed by atoms with Gasteiger partial charge in [-0.3, -0.25) is 4.79 Å². The van der Waals surface area contributed by atoms with Crippen LogP contribution in [0, 0.1) is 5.92 Å². The molecule has 1 atom stereocenters. The number of nitrogen functional groups attached to an aromatic ring is 1. The maximum absolute atomic E-state index is 11.6. The zero-order valence-electron chi connectivity index (χ0n) is 9.94. The summed E-state index contributed by atoms with van der Waals surface area (Å²) in [5.74, 6) is -0.0407. The lowest BCUT2D eigenvalue weighted by Crippen LogP contribution is -2.24. The van der Waals surface area contributed by atoms with E-state index < -0.39 is 0 Å². The van der Waals surface area contributed by atoms with E-state index in [1.807, 2.05) is 25.1 Å². The third kappa shape index (κ3) is 3.13. The van der Waals surface area contributed by atoms with Crippen molar-refractivity contribution < 1.29 is 9.53 Å². The molecule has 1 unspecified atom stereocenters. The van der Waals surface area contributed by atoms with Crippen LogP contribution in [-0.2, 0) is 22.4 Å². The normalized spacial score (nSPS) is 17.8. The Morgan fingerprint density at radius 2 is 2.24 bits per heavy atom. The molecule has 2 rings (SSSR count). The van der Waals surface area contributed by atoms with E-state index in [1.54, 1.807) is 0 Å². The van der Waals surface area contributed by atoms with Crippen molar-refractivity contribution in [1.82, 2.24) is 0 Å². The Kier molecular flexibility index (Phi) is 4.82. The van der Waals surface area contributed by atoms with E-state index in [-0.39, 0.29) is 24.3 Å². The van der Waals surface area contributed by atoms with Crippen LogP contribution in [0.1, 0.15) is 24.5 Å². The molecular formula is C13H18ClNO2. The monoisotopic (exact) mass is 255 g/mol. The SMILES string of the molecule is CCOC(=O)C1CCc2cc(N)ccc2C1.Cl. The summed E-state index contributed by atoms with van der Waals surface area (Å²) in [5, 5.41) is 0. The topological polar surface area (TPSA) is 52.3 Å². The van der Waals surface area contributed by atoms with Crippen molar-refractivity contribution in [3.8, 4) is 0 Å². The number of hydrogen-bond donors (Lipinski definition) is 1. The number of benzene rings is 1. The summed E-state index contributed by atoms with van der Waals surface area (Å²) in [5.41, 5.74) is 9.04. The van der Waals surface area contributed by atoms with Crippen molar-refractivity contribution in [2.24, 2.45) is 5.92 Å². The predicted octanol–water partition coefficient (Wildman–Crippen LogP) is 2.36. The van der Waals surface area contributed by atoms with Gasteiger partial charge in [0.15, 0.2) is 0 Å². The number of hydrogen-bond acceptors (Lipinski definition) is 3. The fraction of sp³-hybridized carbons (Fsp3) is 0.462. The molecule has 0 amide bonds. The van der Waals surface area contributed by atoms with Gasteiger partial charge < -0.3 is 10.5 Å². The van der Waals surface area contributed by atoms with Crippen LogP contribution in [-0.4, -0.2) is 12.6 Å². The maximum Gasteiger partial charge on any atom is 0.309 e. The fourth-order valence-electron chi connectivity index (χ4n) is 2.24. The van der Waals surface area contributed by atoms with E-state index in [2.05, 4.69) is 0 Å². The summed E-state index contributed by atoms with van der Waals surface area (Å²) in [7, 11) is 0. The van der Waals surface area contributed by atoms with Gasteiger partial charge in [-0.1, -0.05) is 6.07 Å². The molecule has 2 N–H and O–H groups in total. The van der Waals surface area contributed by atoms with Crippen molar-refractivity contribution in [2.75, 3.05) is 12.3 Å². The molecule has 0 spiro atoms. The molecule has 0 aromatic heterocycles. The van der Waals surface area contributed by atoms with Gasteiger partial charge in [0, 0.05) is 5.69 Å². The molecule has 94 valence electrons. The van der Waals surface area contributed by atoms with Gasteiger partial charge in [0.1, 0.15) is 0 Å². The third-order valence-electron chi connectivity index (χ3n) is 3.08. The summed E-state index contributed by atoms with van der Waals surface area (Å²) in [6, 6.07) is 5.93. The Morgan fingerprint density at radius 3 is 2.94 bits per heavy atom. The molecule has 1 aliphatic rings. The Bertz CT molecular complexity index is 406. The van der Waals surface area contributed by atoms with Crippen LogP contribution in [0.5, 0.6) is 0 Å². The Morgan fingerprint density at radius 1 is 1.47 bits per heavy atom. The first-order valence-corrected chi connectivity index (χ1v) is 5.74. The van der Waals surface area contributed by atoms with Gasteiger partial charge in [-0.05, 0) is 49.4 Å². The Hall–Kier alpha value is -1.22. The zero-order valence-corrected chi connectivity index (χ0v) is 10.8. The summed E-state index contributed by atoms with van der Waals surface area (Å²) in [6.45, 7) is 2.30. The molecule has 1 aliphatic carbocycles. The van der Waals surface area contributed by atoms with E-state index in [1.165, 1.54) is 11.1 Å². The van der Waals surface area contributed by atoms with Crippen LogP contribution in [0.15, 0.2) is 18.2 Å². The van der Waals surface area contributed by atoms with E-state index in [0.717, 1.165) is 24.9 Å². The minimum atomic E-state index is -0.0648. The average Bonchev–Trinajstić information content (AvgIpc) is 2.28. The molecule has 0 bridgehead atoms. The van der Waals surface area contributed by atoms with Gasteiger partial charge in [-0.2, -0.15) is 0 Å². The summed E-state index contributed by atoms with van der Waals surface area (Å²) in [6.07, 6.45) is 2.58. The first-order valence-electron chi connectivity index (χ1n) is 5.74. The third-order valence-corrected chi connectivity index (χ3v) is 3.08. The molecule has 0 heterocycles. The standard InChI is InChI=1S/C13H17NO2.ClH/c1-2-16-13(15)11-4-3-10-8-12(14)6-5-9(10)7-11;/h5-6,8,11H,2-4,7,14H2,1H3;1H. The number of carbonyl (C=O) groups excluding carboxylic acids is 1. The first kappa shape index (κ1) is 13.8. The Labute approximate surface area is 108 Å². The van der Waals surface area contributed by atoms with Crippen molar-refractivity contribution >= 4 is 24.1 Å². The van der Waals surface area contributed by atoms with Crippen LogP contribution in [0.3, 0.4) is 0 Å². The lowest BCUT2D eigenvalue weighted by molar-refractivity contribution is -0.148. The lowest BCUT2D eigenvalue weighted by Gasteiger charge is -2.23. The van der Waals surface area contributed by atoms with E-state index >= 15 is 0 Å². The van der Waals surface area contributed by atoms with Crippen molar-refractivity contribution in [1.29, 1.82) is 0 Å². The van der Waals surface area contributed by atoms with Gasteiger partial charge in [-0.25, -0.2) is 0 Å². The molecule has 0 aliphatic heterocycles. The number of esters is 1. The van der Waals surface area contributed by atoms with Crippen LogP contribution >= 0.6 is 12.4 Å². The largest absolute Gasteiger partial charge is 0.466 e. The summed E-state index contributed by atoms with van der Waals surface area (Å²) >= 11 is 0. The molecule has 4 heteroatoms. The quantitative estimate of drug-likeness (QED) is 0.652. The second kappa shape index (κ2) is 5.92. The minimum Gasteiger partial charge on any atom is -0.466 e. The van der Waals surface area contributed by atoms with Crippen LogP contribution in [0.2, 0.25) is 0 Å². The van der Waals surface area contributed by atoms with E-state index in [0.29, 0.717) is 6.61 Å². The van der Waals surface area contributed by atoms with Crippen molar-refractivity contribution in [2.45, 2.75) is 26.2 Å². The average molecular weight is 256 g/mol. The number of anilines is 1. The highest BCUT2D eigenvalue weighted by atomic mass is 35.5. The Balaban J connectivity index is 0.00000144. The van der Waals surface area contributed by atoms with E-state index in [4.69, 9.17) is 10.5 Å². The van der Waals surface area contributed by atoms with Gasteiger partial charge in [-0.15, -0.1) is 12.4 Å². The number of fused-ring (bicyclic) bond motifs is 1. The summed E-state index contributed by atoms with van der Waals surface area (Å²) in [4.78, 5) is 11.6. The molecular weight excluding hydrogens is 238 g/mol. The molecule has 3 nitrogen and oxygen atoms in total. The smallest absolute Gasteiger partial charge is 0.309 e. The highest BCUT2D eigenvalue weighted by Crippen LogP contribution is 2.27. The van der Waals surface area contributed by atoms with Gasteiger partial charge in [0.25, 0.3) is 0 Å². The van der Waals surface area contributed by atoms with Crippen LogP contribution in [0.4, 0.5) is 5.69 Å². The first-order chi connectivity index (χ1) is 7.70. The number of nitrogens with two attached hydrogens (primary N) is 1. The van der Waals surface area contributed by atoms with Crippen molar-refractivity contribution in [3.05, 3.63) is 29.3 Å². The molecule has 0 fully saturated rings. The van der Waals surface area contributed by atoms with E-state index in [9.17, 15) is 4.79 Å². The molecule has 17 heavy (non-hydrogen) atoms. The summed E-state index contributed by atoms with van der Waals surface area (Å²) < 4.78 is 5.06. The lowest BCUT2D eigenvalue weighted by atomic mass is 9.84. The molecule has 0 saturated carbocycles. The molecule has 0 radical (unpaired) electrons. The number of ether oxygens (including phenoxy) is 1. The molecule has 0 saturated heterocycles. The maximum atomic E-state index is 11.6. The molecule has 1 aromatic rings. The minimum absolute atomic E-state index is 0. The number of carbonyl (C=O) groups is 1. The fourth-order valence-corrected chi connectivity index (χ4v) is 2.24. The van der Waals surface area contributed by atoms with Crippen molar-refractivity contribution in [3.63, 3.8) is 0 Å². The molecule has 1 aromatic carbocycles. The van der Waals surface area contributed by atoms with Gasteiger partial charge in [0.05, 0.1) is 12.5 Å².